The van der Waals surface area contributed by atoms with Crippen LogP contribution in [0.2, 0.25) is 0 Å². The predicted octanol–water partition coefficient (Wildman–Crippen LogP) is 4.36. The molecule has 1 saturated heterocycles. The van der Waals surface area contributed by atoms with E-state index in [0.717, 1.165) is 6.54 Å². The normalized spacial score (nSPS) is 21.1. The lowest BCUT2D eigenvalue weighted by Gasteiger charge is -2.35. The number of piperidine rings is 1. The molecule has 0 bridgehead atoms. The molecule has 0 spiro atoms. The van der Waals surface area contributed by atoms with Crippen molar-refractivity contribution in [3.8, 4) is 0 Å². The van der Waals surface area contributed by atoms with Gasteiger partial charge in [0.2, 0.25) is 0 Å². The Kier molecular flexibility index (Phi) is 6.30. The quantitative estimate of drug-likeness (QED) is 0.810. The van der Waals surface area contributed by atoms with Crippen LogP contribution >= 0.6 is 11.3 Å². The van der Waals surface area contributed by atoms with Gasteiger partial charge in [-0.25, -0.2) is 4.98 Å². The third-order valence-corrected chi connectivity index (χ3v) is 5.04. The van der Waals surface area contributed by atoms with Crippen LogP contribution in [-0.2, 0) is 0 Å². The highest BCUT2D eigenvalue weighted by Crippen LogP contribution is 2.31. The van der Waals surface area contributed by atoms with E-state index in [1.165, 1.54) is 55.9 Å². The van der Waals surface area contributed by atoms with E-state index in [1.54, 1.807) is 0 Å². The van der Waals surface area contributed by atoms with Gasteiger partial charge in [0.15, 0.2) is 5.13 Å². The average molecular weight is 295 g/mol. The molecule has 0 amide bonds. The van der Waals surface area contributed by atoms with Crippen molar-refractivity contribution >= 4 is 16.5 Å². The van der Waals surface area contributed by atoms with Crippen LogP contribution in [0.15, 0.2) is 5.38 Å². The molecule has 2 rings (SSSR count). The van der Waals surface area contributed by atoms with Gasteiger partial charge in [0.25, 0.3) is 0 Å². The summed E-state index contributed by atoms with van der Waals surface area (Å²) in [6, 6.07) is 1.08. The van der Waals surface area contributed by atoms with Gasteiger partial charge in [-0.3, -0.25) is 0 Å². The van der Waals surface area contributed by atoms with E-state index in [9.17, 15) is 0 Å². The van der Waals surface area contributed by atoms with Crippen molar-refractivity contribution in [1.29, 1.82) is 0 Å². The predicted molar refractivity (Wildman–Crippen MR) is 88.7 cm³/mol. The number of anilines is 1. The lowest BCUT2D eigenvalue weighted by Crippen LogP contribution is -2.39. The van der Waals surface area contributed by atoms with Gasteiger partial charge in [0.05, 0.1) is 5.69 Å². The second-order valence-corrected chi connectivity index (χ2v) is 6.70. The summed E-state index contributed by atoms with van der Waals surface area (Å²) in [6.45, 7) is 8.96. The Hall–Kier alpha value is -0.610. The first-order chi connectivity index (χ1) is 9.76. The van der Waals surface area contributed by atoms with Crippen molar-refractivity contribution in [3.05, 3.63) is 11.1 Å². The van der Waals surface area contributed by atoms with Crippen molar-refractivity contribution in [2.45, 2.75) is 71.4 Å². The van der Waals surface area contributed by atoms with Gasteiger partial charge in [-0.05, 0) is 45.6 Å². The topological polar surface area (TPSA) is 28.2 Å². The lowest BCUT2D eigenvalue weighted by molar-refractivity contribution is 0.433. The van der Waals surface area contributed by atoms with Gasteiger partial charge in [0, 0.05) is 24.0 Å². The van der Waals surface area contributed by atoms with E-state index in [-0.39, 0.29) is 0 Å². The summed E-state index contributed by atoms with van der Waals surface area (Å²) in [7, 11) is 0. The minimum atomic E-state index is 0.370. The molecule has 0 saturated carbocycles. The molecule has 1 aromatic heterocycles. The van der Waals surface area contributed by atoms with E-state index >= 15 is 0 Å². The molecule has 0 radical (unpaired) electrons. The molecule has 1 aromatic rings. The average Bonchev–Trinajstić information content (AvgIpc) is 2.95. The molecule has 1 aliphatic heterocycles. The molecule has 0 aliphatic carbocycles. The first-order valence-corrected chi connectivity index (χ1v) is 9.09. The minimum absolute atomic E-state index is 0.370. The molecule has 20 heavy (non-hydrogen) atoms. The van der Waals surface area contributed by atoms with Crippen molar-refractivity contribution in [2.24, 2.45) is 0 Å². The van der Waals surface area contributed by atoms with Crippen LogP contribution in [-0.4, -0.2) is 24.1 Å². The van der Waals surface area contributed by atoms with Gasteiger partial charge in [-0.2, -0.15) is 0 Å². The molecule has 4 heteroatoms. The molecule has 2 heterocycles. The highest BCUT2D eigenvalue weighted by Gasteiger charge is 2.24. The van der Waals surface area contributed by atoms with Crippen LogP contribution in [0, 0.1) is 0 Å². The first-order valence-electron chi connectivity index (χ1n) is 8.21. The van der Waals surface area contributed by atoms with Crippen molar-refractivity contribution in [2.75, 3.05) is 18.0 Å². The summed E-state index contributed by atoms with van der Waals surface area (Å²) in [5.74, 6) is 0. The fourth-order valence-electron chi connectivity index (χ4n) is 2.96. The molecular weight excluding hydrogens is 266 g/mol. The van der Waals surface area contributed by atoms with Crippen LogP contribution < -0.4 is 10.2 Å². The summed E-state index contributed by atoms with van der Waals surface area (Å²) >= 11 is 1.82. The molecule has 1 aliphatic rings. The van der Waals surface area contributed by atoms with Crippen LogP contribution in [0.25, 0.3) is 0 Å². The zero-order chi connectivity index (χ0) is 14.4. The Labute approximate surface area is 127 Å². The second kappa shape index (κ2) is 7.99. The smallest absolute Gasteiger partial charge is 0.185 e. The minimum Gasteiger partial charge on any atom is -0.345 e. The molecular formula is C16H29N3S. The van der Waals surface area contributed by atoms with Crippen LogP contribution in [0.5, 0.6) is 0 Å². The van der Waals surface area contributed by atoms with Gasteiger partial charge in [-0.1, -0.05) is 20.3 Å². The van der Waals surface area contributed by atoms with Crippen molar-refractivity contribution in [1.82, 2.24) is 10.3 Å². The van der Waals surface area contributed by atoms with Crippen molar-refractivity contribution in [3.63, 3.8) is 0 Å². The Morgan fingerprint density at radius 1 is 1.40 bits per heavy atom. The SMILES string of the molecule is CCCNC(C)c1csc(N2CCCCC2CCC)n1. The first kappa shape index (κ1) is 15.8. The third-order valence-electron chi connectivity index (χ3n) is 4.15. The molecule has 3 nitrogen and oxygen atoms in total. The van der Waals surface area contributed by atoms with E-state index in [1.807, 2.05) is 11.3 Å². The Morgan fingerprint density at radius 2 is 2.25 bits per heavy atom. The maximum Gasteiger partial charge on any atom is 0.185 e. The zero-order valence-electron chi connectivity index (χ0n) is 13.2. The maximum absolute atomic E-state index is 4.90. The van der Waals surface area contributed by atoms with Crippen molar-refractivity contribution < 1.29 is 0 Å². The monoisotopic (exact) mass is 295 g/mol. The second-order valence-electron chi connectivity index (χ2n) is 5.86. The fourth-order valence-corrected chi connectivity index (χ4v) is 3.98. The Balaban J connectivity index is 2.02. The number of nitrogens with zero attached hydrogens (tertiary/aromatic N) is 2. The third kappa shape index (κ3) is 3.95. The summed E-state index contributed by atoms with van der Waals surface area (Å²) < 4.78 is 0. The molecule has 2 unspecified atom stereocenters. The van der Waals surface area contributed by atoms with Crippen LogP contribution in [0.4, 0.5) is 5.13 Å². The molecule has 1 N–H and O–H groups in total. The number of hydrogen-bond donors (Lipinski definition) is 1. The summed E-state index contributed by atoms with van der Waals surface area (Å²) in [4.78, 5) is 7.46. The molecule has 114 valence electrons. The summed E-state index contributed by atoms with van der Waals surface area (Å²) in [6.07, 6.45) is 7.79. The molecule has 2 atom stereocenters. The van der Waals surface area contributed by atoms with Gasteiger partial charge < -0.3 is 10.2 Å². The van der Waals surface area contributed by atoms with Crippen LogP contribution in [0.1, 0.15) is 71.0 Å². The summed E-state index contributed by atoms with van der Waals surface area (Å²) in [5.41, 5.74) is 1.21. The van der Waals surface area contributed by atoms with Gasteiger partial charge >= 0.3 is 0 Å². The number of rotatable bonds is 7. The largest absolute Gasteiger partial charge is 0.345 e. The standard InChI is InChI=1S/C16H29N3S/c1-4-8-14-9-6-7-11-19(14)16-18-15(12-20-16)13(3)17-10-5-2/h12-14,17H,4-11H2,1-3H3. The summed E-state index contributed by atoms with van der Waals surface area (Å²) in [5, 5.41) is 7.00. The zero-order valence-corrected chi connectivity index (χ0v) is 14.0. The Bertz CT molecular complexity index is 389. The van der Waals surface area contributed by atoms with Gasteiger partial charge in [0.1, 0.15) is 0 Å². The number of aromatic nitrogens is 1. The highest BCUT2D eigenvalue weighted by atomic mass is 32.1. The Morgan fingerprint density at radius 3 is 3.00 bits per heavy atom. The maximum atomic E-state index is 4.90. The van der Waals surface area contributed by atoms with E-state index < -0.39 is 0 Å². The lowest BCUT2D eigenvalue weighted by atomic mass is 9.99. The van der Waals surface area contributed by atoms with E-state index in [2.05, 4.69) is 36.4 Å². The van der Waals surface area contributed by atoms with Gasteiger partial charge in [-0.15, -0.1) is 11.3 Å². The number of thiazole rings is 1. The fraction of sp³-hybridized carbons (Fsp3) is 0.812. The van der Waals surface area contributed by atoms with E-state index in [0.29, 0.717) is 12.1 Å². The highest BCUT2D eigenvalue weighted by molar-refractivity contribution is 7.13. The number of hydrogen-bond acceptors (Lipinski definition) is 4. The molecule has 1 fully saturated rings. The number of nitrogens with one attached hydrogen (secondary N) is 1. The molecule has 0 aromatic carbocycles. The van der Waals surface area contributed by atoms with E-state index in [4.69, 9.17) is 4.98 Å². The van der Waals surface area contributed by atoms with Crippen LogP contribution in [0.3, 0.4) is 0 Å².